The van der Waals surface area contributed by atoms with E-state index < -0.39 is 0 Å². The fourth-order valence-corrected chi connectivity index (χ4v) is 6.01. The quantitative estimate of drug-likeness (QED) is 0.257. The Morgan fingerprint density at radius 1 is 0.838 bits per heavy atom. The van der Waals surface area contributed by atoms with Crippen LogP contribution in [0.5, 0.6) is 0 Å². The highest BCUT2D eigenvalue weighted by Gasteiger charge is 2.33. The first-order valence-electron chi connectivity index (χ1n) is 12.5. The third-order valence-corrected chi connectivity index (χ3v) is 7.83. The van der Waals surface area contributed by atoms with Crippen molar-refractivity contribution in [2.24, 2.45) is 0 Å². The van der Waals surface area contributed by atoms with Gasteiger partial charge in [0.25, 0.3) is 5.91 Å². The maximum atomic E-state index is 13.7. The largest absolute Gasteiger partial charge is 0.378 e. The lowest BCUT2D eigenvalue weighted by Gasteiger charge is -2.30. The van der Waals surface area contributed by atoms with Gasteiger partial charge in [0, 0.05) is 45.9 Å². The number of rotatable bonds is 4. The second-order valence-electron chi connectivity index (χ2n) is 9.45. The van der Waals surface area contributed by atoms with Crippen molar-refractivity contribution in [3.63, 3.8) is 0 Å². The molecule has 0 spiro atoms. The molecule has 0 N–H and O–H groups in total. The van der Waals surface area contributed by atoms with Crippen LogP contribution in [0.3, 0.4) is 0 Å². The van der Waals surface area contributed by atoms with Crippen LogP contribution in [-0.4, -0.2) is 36.8 Å². The van der Waals surface area contributed by atoms with Gasteiger partial charge in [-0.3, -0.25) is 9.69 Å². The minimum absolute atomic E-state index is 0.00480. The summed E-state index contributed by atoms with van der Waals surface area (Å²) in [6, 6.07) is 26.5. The highest BCUT2D eigenvalue weighted by Crippen LogP contribution is 2.42. The number of fused-ring (bicyclic) bond motifs is 1. The van der Waals surface area contributed by atoms with E-state index >= 15 is 0 Å². The maximum absolute atomic E-state index is 13.7. The van der Waals surface area contributed by atoms with Crippen molar-refractivity contribution in [3.05, 3.63) is 106 Å². The summed E-state index contributed by atoms with van der Waals surface area (Å²) < 4.78 is 8.83. The molecule has 6 heteroatoms. The number of ether oxygens (including phenoxy) is 1. The van der Waals surface area contributed by atoms with E-state index in [1.165, 1.54) is 5.69 Å². The molecule has 2 aliphatic heterocycles. The van der Waals surface area contributed by atoms with E-state index in [4.69, 9.17) is 4.74 Å². The van der Waals surface area contributed by atoms with Gasteiger partial charge in [0.1, 0.15) is 0 Å². The number of halogens is 1. The van der Waals surface area contributed by atoms with E-state index in [1.807, 2.05) is 65.6 Å². The smallest absolute Gasteiger partial charge is 0.263 e. The third kappa shape index (κ3) is 4.20. The Labute approximate surface area is 225 Å². The molecule has 6 rings (SSSR count). The molecule has 37 heavy (non-hydrogen) atoms. The Morgan fingerprint density at radius 2 is 1.57 bits per heavy atom. The number of morpholine rings is 1. The maximum Gasteiger partial charge on any atom is 0.263 e. The van der Waals surface area contributed by atoms with Crippen molar-refractivity contribution in [3.8, 4) is 5.69 Å². The molecule has 2 aliphatic rings. The fraction of sp³-hybridized carbons (Fsp3) is 0.194. The van der Waals surface area contributed by atoms with Crippen LogP contribution in [0, 0.1) is 13.8 Å². The number of hydrogen-bond donors (Lipinski definition) is 0. The van der Waals surface area contributed by atoms with Gasteiger partial charge < -0.3 is 14.2 Å². The molecule has 1 saturated heterocycles. The van der Waals surface area contributed by atoms with E-state index in [9.17, 15) is 4.79 Å². The second kappa shape index (κ2) is 9.69. The zero-order valence-electron chi connectivity index (χ0n) is 20.9. The number of anilines is 3. The van der Waals surface area contributed by atoms with Crippen molar-refractivity contribution < 1.29 is 9.53 Å². The molecule has 1 aromatic heterocycles. The first-order valence-corrected chi connectivity index (χ1v) is 13.3. The predicted molar refractivity (Wildman–Crippen MR) is 154 cm³/mol. The van der Waals surface area contributed by atoms with Gasteiger partial charge >= 0.3 is 0 Å². The third-order valence-electron chi connectivity index (χ3n) is 7.19. The summed E-state index contributed by atoms with van der Waals surface area (Å²) in [6.45, 7) is 7.53. The molecule has 0 radical (unpaired) electrons. The Bertz CT molecular complexity index is 1520. The number of benzene rings is 3. The average Bonchev–Trinajstić information content (AvgIpc) is 3.36. The molecule has 4 aromatic rings. The van der Waals surface area contributed by atoms with Crippen LogP contribution in [0.4, 0.5) is 17.1 Å². The zero-order valence-corrected chi connectivity index (χ0v) is 22.5. The molecule has 3 heterocycles. The van der Waals surface area contributed by atoms with Crippen molar-refractivity contribution >= 4 is 50.5 Å². The van der Waals surface area contributed by atoms with E-state index in [0.29, 0.717) is 5.57 Å². The number of amides is 1. The number of para-hydroxylation sites is 2. The Morgan fingerprint density at radius 3 is 2.32 bits per heavy atom. The number of carbonyl (C=O) groups is 1. The van der Waals surface area contributed by atoms with Gasteiger partial charge in [-0.15, -0.1) is 0 Å². The summed E-state index contributed by atoms with van der Waals surface area (Å²) in [4.78, 5) is 17.9. The minimum Gasteiger partial charge on any atom is -0.378 e. The molecule has 186 valence electrons. The first kappa shape index (κ1) is 23.8. The second-order valence-corrected chi connectivity index (χ2v) is 10.3. The van der Waals surface area contributed by atoms with Gasteiger partial charge in [-0.2, -0.15) is 0 Å². The van der Waals surface area contributed by atoms with E-state index in [0.717, 1.165) is 70.4 Å². The van der Waals surface area contributed by atoms with Crippen LogP contribution >= 0.6 is 15.9 Å². The van der Waals surface area contributed by atoms with E-state index in [-0.39, 0.29) is 5.91 Å². The highest BCUT2D eigenvalue weighted by atomic mass is 79.9. The van der Waals surface area contributed by atoms with Gasteiger partial charge in [0.15, 0.2) is 0 Å². The molecule has 0 unspecified atom stereocenters. The molecule has 3 aromatic carbocycles. The predicted octanol–water partition coefficient (Wildman–Crippen LogP) is 6.91. The fourth-order valence-electron chi connectivity index (χ4n) is 5.40. The Balaban J connectivity index is 1.38. The van der Waals surface area contributed by atoms with Gasteiger partial charge in [0.05, 0.1) is 30.2 Å². The lowest BCUT2D eigenvalue weighted by Crippen LogP contribution is -2.36. The summed E-state index contributed by atoms with van der Waals surface area (Å²) in [6.07, 6.45) is 2.04. The number of aryl methyl sites for hydroxylation is 1. The van der Waals surface area contributed by atoms with Crippen molar-refractivity contribution in [1.29, 1.82) is 0 Å². The molecule has 0 aliphatic carbocycles. The van der Waals surface area contributed by atoms with Gasteiger partial charge in [-0.1, -0.05) is 36.4 Å². The molecular weight excluding hydrogens is 526 g/mol. The van der Waals surface area contributed by atoms with Gasteiger partial charge in [0.2, 0.25) is 0 Å². The topological polar surface area (TPSA) is 37.7 Å². The number of nitrogens with zero attached hydrogens (tertiary/aromatic N) is 3. The van der Waals surface area contributed by atoms with Crippen LogP contribution in [0.25, 0.3) is 17.3 Å². The summed E-state index contributed by atoms with van der Waals surface area (Å²) in [5.74, 6) is -0.00480. The van der Waals surface area contributed by atoms with Crippen LogP contribution in [0.15, 0.2) is 83.3 Å². The average molecular weight is 554 g/mol. The monoisotopic (exact) mass is 553 g/mol. The first-order chi connectivity index (χ1) is 18.0. The molecule has 0 bridgehead atoms. The van der Waals surface area contributed by atoms with Gasteiger partial charge in [-0.25, -0.2) is 0 Å². The summed E-state index contributed by atoms with van der Waals surface area (Å²) in [5, 5.41) is 0. The van der Waals surface area contributed by atoms with Crippen LogP contribution < -0.4 is 9.80 Å². The van der Waals surface area contributed by atoms with Crippen molar-refractivity contribution in [2.75, 3.05) is 36.1 Å². The molecule has 0 atom stereocenters. The highest BCUT2D eigenvalue weighted by molar-refractivity contribution is 9.10. The van der Waals surface area contributed by atoms with E-state index in [1.54, 1.807) is 0 Å². The minimum atomic E-state index is -0.00480. The standard InChI is InChI=1S/C31H28BrN3O2/c1-21-18-23(22(2)34(21)25-12-13-30(28(32)20-25)33-14-16-37-17-15-33)19-27-26-10-6-7-11-29(26)35(31(27)36)24-8-4-3-5-9-24/h3-13,18-20H,14-17H2,1-2H3/b27-19+. The van der Waals surface area contributed by atoms with Crippen molar-refractivity contribution in [2.45, 2.75) is 13.8 Å². The molecule has 1 fully saturated rings. The Hall–Kier alpha value is -3.61. The molecular formula is C31H28BrN3O2. The molecule has 5 nitrogen and oxygen atoms in total. The molecule has 0 saturated carbocycles. The number of aromatic nitrogens is 1. The van der Waals surface area contributed by atoms with Gasteiger partial charge in [-0.05, 0) is 83.9 Å². The number of hydrogen-bond acceptors (Lipinski definition) is 3. The lowest BCUT2D eigenvalue weighted by atomic mass is 10.0. The Kier molecular flexibility index (Phi) is 6.22. The zero-order chi connectivity index (χ0) is 25.5. The summed E-state index contributed by atoms with van der Waals surface area (Å²) >= 11 is 3.80. The van der Waals surface area contributed by atoms with Crippen LogP contribution in [0.2, 0.25) is 0 Å². The summed E-state index contributed by atoms with van der Waals surface area (Å²) in [7, 11) is 0. The van der Waals surface area contributed by atoms with Crippen LogP contribution in [0.1, 0.15) is 22.5 Å². The van der Waals surface area contributed by atoms with E-state index in [2.05, 4.69) is 63.5 Å². The normalized spacial score (nSPS) is 16.5. The van der Waals surface area contributed by atoms with Crippen molar-refractivity contribution in [1.82, 2.24) is 4.57 Å². The molecule has 1 amide bonds. The number of carbonyl (C=O) groups excluding carboxylic acids is 1. The van der Waals surface area contributed by atoms with Crippen LogP contribution in [-0.2, 0) is 9.53 Å². The lowest BCUT2D eigenvalue weighted by molar-refractivity contribution is -0.112. The SMILES string of the molecule is Cc1cc(/C=C2/C(=O)N(c3ccccc3)c3ccccc32)c(C)n1-c1ccc(N2CCOCC2)c(Br)c1. The summed E-state index contributed by atoms with van der Waals surface area (Å²) in [5.41, 5.74) is 8.99.